The number of methoxy groups -OCH3 is 1. The van der Waals surface area contributed by atoms with Gasteiger partial charge in [-0.3, -0.25) is 4.79 Å². The number of nitrogens with one attached hydrogen (secondary N) is 1. The van der Waals surface area contributed by atoms with Crippen molar-refractivity contribution < 1.29 is 14.3 Å². The quantitative estimate of drug-likeness (QED) is 0.327. The van der Waals surface area contributed by atoms with Crippen LogP contribution in [0, 0.1) is 0 Å². The molecule has 0 atom stereocenters. The highest BCUT2D eigenvalue weighted by atomic mass is 79.9. The molecule has 1 amide bonds. The summed E-state index contributed by atoms with van der Waals surface area (Å²) in [5.74, 6) is 0.986. The fraction of sp³-hybridized carbons (Fsp3) is 0.231. The summed E-state index contributed by atoms with van der Waals surface area (Å²) in [7, 11) is 1.59. The van der Waals surface area contributed by atoms with E-state index < -0.39 is 0 Å². The topological polar surface area (TPSA) is 63.2 Å². The van der Waals surface area contributed by atoms with Crippen LogP contribution in [0.4, 0.5) is 5.69 Å². The van der Waals surface area contributed by atoms with Crippen LogP contribution in [0.3, 0.4) is 0 Å². The maximum Gasteiger partial charge on any atom is 0.271 e. The van der Waals surface area contributed by atoms with Gasteiger partial charge in [0, 0.05) is 28.8 Å². The molecule has 33 heavy (non-hydrogen) atoms. The summed E-state index contributed by atoms with van der Waals surface area (Å²) < 4.78 is 12.4. The first-order chi connectivity index (χ1) is 16.1. The number of anilines is 1. The van der Waals surface area contributed by atoms with E-state index in [0.717, 1.165) is 34.4 Å². The van der Waals surface area contributed by atoms with Gasteiger partial charge in [-0.2, -0.15) is 5.10 Å². The predicted molar refractivity (Wildman–Crippen MR) is 134 cm³/mol. The molecule has 0 aliphatic carbocycles. The lowest BCUT2D eigenvalue weighted by atomic mass is 10.2. The van der Waals surface area contributed by atoms with Gasteiger partial charge in [-0.25, -0.2) is 5.43 Å². The van der Waals surface area contributed by atoms with Gasteiger partial charge in [0.05, 0.1) is 13.3 Å². The Labute approximate surface area is 202 Å². The number of hydrogen-bond acceptors (Lipinski definition) is 5. The molecule has 1 fully saturated rings. The molecule has 4 rings (SSSR count). The van der Waals surface area contributed by atoms with Crippen LogP contribution in [0.25, 0.3) is 0 Å². The molecule has 170 valence electrons. The summed E-state index contributed by atoms with van der Waals surface area (Å²) in [6.45, 7) is 2.59. The van der Waals surface area contributed by atoms with E-state index in [-0.39, 0.29) is 5.91 Å². The van der Waals surface area contributed by atoms with E-state index in [0.29, 0.717) is 23.7 Å². The number of hydrazone groups is 1. The number of carbonyl (C=O) groups is 1. The Morgan fingerprint density at radius 3 is 2.45 bits per heavy atom. The largest absolute Gasteiger partial charge is 0.493 e. The predicted octanol–water partition coefficient (Wildman–Crippen LogP) is 5.40. The Balaban J connectivity index is 1.33. The lowest BCUT2D eigenvalue weighted by Crippen LogP contribution is -2.19. The SMILES string of the molecule is COc1cc(/C=N\NC(=O)c2ccc(N3CCCC3)cc2)ccc1OCc1ccc(Br)cc1. The fourth-order valence-electron chi connectivity index (χ4n) is 3.65. The van der Waals surface area contributed by atoms with Gasteiger partial charge in [-0.05, 0) is 78.6 Å². The molecule has 1 saturated heterocycles. The molecule has 0 spiro atoms. The van der Waals surface area contributed by atoms with Crippen molar-refractivity contribution in [1.29, 1.82) is 0 Å². The van der Waals surface area contributed by atoms with Gasteiger partial charge in [0.15, 0.2) is 11.5 Å². The van der Waals surface area contributed by atoms with E-state index >= 15 is 0 Å². The second kappa shape index (κ2) is 11.0. The minimum Gasteiger partial charge on any atom is -0.493 e. The smallest absolute Gasteiger partial charge is 0.271 e. The van der Waals surface area contributed by atoms with Gasteiger partial charge in [0.2, 0.25) is 0 Å². The molecule has 1 heterocycles. The highest BCUT2D eigenvalue weighted by Gasteiger charge is 2.13. The van der Waals surface area contributed by atoms with Crippen molar-refractivity contribution >= 4 is 33.7 Å². The van der Waals surface area contributed by atoms with Crippen molar-refractivity contribution in [3.63, 3.8) is 0 Å². The normalized spacial score (nSPS) is 13.3. The summed E-state index contributed by atoms with van der Waals surface area (Å²) in [5.41, 5.74) is 6.15. The highest BCUT2D eigenvalue weighted by molar-refractivity contribution is 9.10. The summed E-state index contributed by atoms with van der Waals surface area (Å²) in [4.78, 5) is 14.7. The standard InChI is InChI=1S/C26H26BrN3O3/c1-32-25-16-20(6-13-24(25)33-18-19-4-9-22(27)10-5-19)17-28-29-26(31)21-7-11-23(12-8-21)30-14-2-3-15-30/h4-13,16-17H,2-3,14-15,18H2,1H3,(H,29,31)/b28-17-. The number of rotatable bonds is 8. The van der Waals surface area contributed by atoms with Crippen molar-refractivity contribution in [1.82, 2.24) is 5.43 Å². The molecule has 1 N–H and O–H groups in total. The van der Waals surface area contributed by atoms with E-state index in [9.17, 15) is 4.79 Å². The van der Waals surface area contributed by atoms with Crippen molar-refractivity contribution in [2.75, 3.05) is 25.1 Å². The third kappa shape index (κ3) is 6.14. The molecule has 1 aliphatic rings. The molecule has 1 aliphatic heterocycles. The Kier molecular flexibility index (Phi) is 7.62. The van der Waals surface area contributed by atoms with Gasteiger partial charge < -0.3 is 14.4 Å². The average molecular weight is 508 g/mol. The summed E-state index contributed by atoms with van der Waals surface area (Å²) in [6, 6.07) is 21.1. The van der Waals surface area contributed by atoms with Crippen molar-refractivity contribution in [3.8, 4) is 11.5 Å². The zero-order valence-corrected chi connectivity index (χ0v) is 20.0. The molecule has 3 aromatic carbocycles. The molecular weight excluding hydrogens is 482 g/mol. The maximum atomic E-state index is 12.4. The third-order valence-electron chi connectivity index (χ3n) is 5.48. The van der Waals surface area contributed by atoms with E-state index in [4.69, 9.17) is 9.47 Å². The zero-order chi connectivity index (χ0) is 23.0. The number of halogens is 1. The Morgan fingerprint density at radius 2 is 1.76 bits per heavy atom. The molecule has 7 heteroatoms. The molecule has 0 radical (unpaired) electrons. The first kappa shape index (κ1) is 22.9. The van der Waals surface area contributed by atoms with Gasteiger partial charge in [-0.1, -0.05) is 28.1 Å². The number of amides is 1. The first-order valence-electron chi connectivity index (χ1n) is 10.9. The van der Waals surface area contributed by atoms with Crippen LogP contribution < -0.4 is 19.8 Å². The number of hydrogen-bond donors (Lipinski definition) is 1. The van der Waals surface area contributed by atoms with Crippen LogP contribution in [0.15, 0.2) is 76.3 Å². The van der Waals surface area contributed by atoms with Crippen molar-refractivity contribution in [2.45, 2.75) is 19.4 Å². The lowest BCUT2D eigenvalue weighted by molar-refractivity contribution is 0.0955. The number of carbonyl (C=O) groups excluding carboxylic acids is 1. The monoisotopic (exact) mass is 507 g/mol. The Morgan fingerprint density at radius 1 is 1.03 bits per heavy atom. The van der Waals surface area contributed by atoms with Crippen LogP contribution in [0.1, 0.15) is 34.3 Å². The second-order valence-electron chi connectivity index (χ2n) is 7.77. The van der Waals surface area contributed by atoms with Gasteiger partial charge >= 0.3 is 0 Å². The fourth-order valence-corrected chi connectivity index (χ4v) is 3.92. The van der Waals surface area contributed by atoms with E-state index in [1.807, 2.05) is 66.7 Å². The third-order valence-corrected chi connectivity index (χ3v) is 6.00. The molecular formula is C26H26BrN3O3. The van der Waals surface area contributed by atoms with Crippen LogP contribution in [0.5, 0.6) is 11.5 Å². The molecule has 0 bridgehead atoms. The summed E-state index contributed by atoms with van der Waals surface area (Å²) >= 11 is 3.43. The van der Waals surface area contributed by atoms with E-state index in [2.05, 4.69) is 31.4 Å². The van der Waals surface area contributed by atoms with Gasteiger partial charge in [-0.15, -0.1) is 0 Å². The van der Waals surface area contributed by atoms with Crippen LogP contribution >= 0.6 is 15.9 Å². The number of benzene rings is 3. The van der Waals surface area contributed by atoms with E-state index in [1.165, 1.54) is 12.8 Å². The summed E-state index contributed by atoms with van der Waals surface area (Å²) in [5, 5.41) is 4.09. The average Bonchev–Trinajstić information content (AvgIpc) is 3.39. The summed E-state index contributed by atoms with van der Waals surface area (Å²) in [6.07, 6.45) is 4.03. The Bertz CT molecular complexity index is 1110. The van der Waals surface area contributed by atoms with Crippen molar-refractivity contribution in [2.24, 2.45) is 5.10 Å². The van der Waals surface area contributed by atoms with Crippen LogP contribution in [-0.4, -0.2) is 32.3 Å². The minimum absolute atomic E-state index is 0.249. The first-order valence-corrected chi connectivity index (χ1v) is 11.7. The minimum atomic E-state index is -0.249. The zero-order valence-electron chi connectivity index (χ0n) is 18.5. The molecule has 6 nitrogen and oxygen atoms in total. The lowest BCUT2D eigenvalue weighted by Gasteiger charge is -2.17. The van der Waals surface area contributed by atoms with Gasteiger partial charge in [0.1, 0.15) is 6.61 Å². The number of ether oxygens (including phenoxy) is 2. The maximum absolute atomic E-state index is 12.4. The van der Waals surface area contributed by atoms with Crippen molar-refractivity contribution in [3.05, 3.63) is 87.9 Å². The highest BCUT2D eigenvalue weighted by Crippen LogP contribution is 2.28. The number of nitrogens with zero attached hydrogens (tertiary/aromatic N) is 2. The molecule has 0 saturated carbocycles. The molecule has 3 aromatic rings. The van der Waals surface area contributed by atoms with Gasteiger partial charge in [0.25, 0.3) is 5.91 Å². The molecule has 0 unspecified atom stereocenters. The van der Waals surface area contributed by atoms with Crippen LogP contribution in [0.2, 0.25) is 0 Å². The molecule has 0 aromatic heterocycles. The van der Waals surface area contributed by atoms with E-state index in [1.54, 1.807) is 13.3 Å². The Hall–Kier alpha value is -3.32. The van der Waals surface area contributed by atoms with Crippen LogP contribution in [-0.2, 0) is 6.61 Å². The second-order valence-corrected chi connectivity index (χ2v) is 8.68.